The summed E-state index contributed by atoms with van der Waals surface area (Å²) < 4.78 is 0. The van der Waals surface area contributed by atoms with Gasteiger partial charge in [-0.2, -0.15) is 0 Å². The standard InChI is InChI=1S/C13H21N3O/c1-11(12-5-3-2-4-6-12)7-8-15-9-10-16-13(14)17/h2-6,11,15H,7-10H2,1H3,(H3,14,16,17). The van der Waals surface area contributed by atoms with Crippen LogP contribution < -0.4 is 16.4 Å². The van der Waals surface area contributed by atoms with Gasteiger partial charge in [-0.25, -0.2) is 4.79 Å². The summed E-state index contributed by atoms with van der Waals surface area (Å²) in [5.74, 6) is 0.549. The molecule has 0 aliphatic rings. The Hall–Kier alpha value is -1.55. The van der Waals surface area contributed by atoms with Crippen LogP contribution in [-0.2, 0) is 0 Å². The van der Waals surface area contributed by atoms with Crippen molar-refractivity contribution < 1.29 is 4.79 Å². The van der Waals surface area contributed by atoms with Gasteiger partial charge in [-0.05, 0) is 24.4 Å². The predicted molar refractivity (Wildman–Crippen MR) is 69.9 cm³/mol. The van der Waals surface area contributed by atoms with Crippen LogP contribution in [0.15, 0.2) is 30.3 Å². The van der Waals surface area contributed by atoms with Crippen molar-refractivity contribution in [2.75, 3.05) is 19.6 Å². The average molecular weight is 235 g/mol. The van der Waals surface area contributed by atoms with Gasteiger partial charge in [0.15, 0.2) is 0 Å². The van der Waals surface area contributed by atoms with Crippen LogP contribution in [0.4, 0.5) is 4.79 Å². The lowest BCUT2D eigenvalue weighted by atomic mass is 9.98. The van der Waals surface area contributed by atoms with E-state index in [9.17, 15) is 4.79 Å². The third-order valence-electron chi connectivity index (χ3n) is 2.72. The molecular formula is C13H21N3O. The fourth-order valence-electron chi connectivity index (χ4n) is 1.67. The van der Waals surface area contributed by atoms with E-state index < -0.39 is 6.03 Å². The van der Waals surface area contributed by atoms with E-state index in [1.165, 1.54) is 5.56 Å². The number of carbonyl (C=O) groups excluding carboxylic acids is 1. The fourth-order valence-corrected chi connectivity index (χ4v) is 1.67. The molecule has 17 heavy (non-hydrogen) atoms. The molecule has 0 bridgehead atoms. The van der Waals surface area contributed by atoms with Crippen molar-refractivity contribution >= 4 is 6.03 Å². The number of amides is 2. The third-order valence-corrected chi connectivity index (χ3v) is 2.72. The van der Waals surface area contributed by atoms with Crippen LogP contribution in [0.3, 0.4) is 0 Å². The second-order valence-corrected chi connectivity index (χ2v) is 4.14. The van der Waals surface area contributed by atoms with Crippen LogP contribution in [0.1, 0.15) is 24.8 Å². The zero-order chi connectivity index (χ0) is 12.5. The monoisotopic (exact) mass is 235 g/mol. The van der Waals surface area contributed by atoms with Crippen LogP contribution in [0.5, 0.6) is 0 Å². The molecule has 1 aromatic carbocycles. The van der Waals surface area contributed by atoms with Crippen LogP contribution >= 0.6 is 0 Å². The second kappa shape index (κ2) is 7.68. The van der Waals surface area contributed by atoms with E-state index in [4.69, 9.17) is 5.73 Å². The Morgan fingerprint density at radius 3 is 2.59 bits per heavy atom. The first-order chi connectivity index (χ1) is 8.20. The molecular weight excluding hydrogens is 214 g/mol. The van der Waals surface area contributed by atoms with Crippen LogP contribution in [-0.4, -0.2) is 25.7 Å². The molecule has 0 heterocycles. The van der Waals surface area contributed by atoms with Crippen LogP contribution in [0.25, 0.3) is 0 Å². The number of rotatable bonds is 7. The Bertz CT molecular complexity index is 327. The molecule has 0 saturated heterocycles. The molecule has 94 valence electrons. The van der Waals surface area contributed by atoms with Crippen molar-refractivity contribution in [2.24, 2.45) is 5.73 Å². The topological polar surface area (TPSA) is 67.2 Å². The van der Waals surface area contributed by atoms with Gasteiger partial charge in [0.1, 0.15) is 0 Å². The number of hydrogen-bond donors (Lipinski definition) is 3. The molecule has 0 aromatic heterocycles. The molecule has 4 N–H and O–H groups in total. The van der Waals surface area contributed by atoms with Gasteiger partial charge in [0.2, 0.25) is 0 Å². The highest BCUT2D eigenvalue weighted by Crippen LogP contribution is 2.17. The van der Waals surface area contributed by atoms with Gasteiger partial charge in [0.05, 0.1) is 0 Å². The van der Waals surface area contributed by atoms with Gasteiger partial charge in [-0.15, -0.1) is 0 Å². The van der Waals surface area contributed by atoms with Crippen molar-refractivity contribution in [3.8, 4) is 0 Å². The minimum Gasteiger partial charge on any atom is -0.352 e. The van der Waals surface area contributed by atoms with E-state index in [0.29, 0.717) is 12.5 Å². The molecule has 0 aliphatic heterocycles. The number of hydrogen-bond acceptors (Lipinski definition) is 2. The Balaban J connectivity index is 2.09. The highest BCUT2D eigenvalue weighted by molar-refractivity contribution is 5.71. The first kappa shape index (κ1) is 13.5. The van der Waals surface area contributed by atoms with E-state index in [-0.39, 0.29) is 0 Å². The maximum Gasteiger partial charge on any atom is 0.312 e. The van der Waals surface area contributed by atoms with E-state index in [2.05, 4.69) is 41.8 Å². The zero-order valence-corrected chi connectivity index (χ0v) is 10.3. The maximum absolute atomic E-state index is 10.4. The van der Waals surface area contributed by atoms with Crippen molar-refractivity contribution in [3.05, 3.63) is 35.9 Å². The minimum atomic E-state index is -0.468. The largest absolute Gasteiger partial charge is 0.352 e. The number of benzene rings is 1. The summed E-state index contributed by atoms with van der Waals surface area (Å²) in [7, 11) is 0. The molecule has 0 spiro atoms. The molecule has 0 radical (unpaired) electrons. The maximum atomic E-state index is 10.4. The van der Waals surface area contributed by atoms with Crippen molar-refractivity contribution in [1.82, 2.24) is 10.6 Å². The zero-order valence-electron chi connectivity index (χ0n) is 10.3. The highest BCUT2D eigenvalue weighted by Gasteiger charge is 2.03. The van der Waals surface area contributed by atoms with Crippen molar-refractivity contribution in [2.45, 2.75) is 19.3 Å². The molecule has 4 nitrogen and oxygen atoms in total. The van der Waals surface area contributed by atoms with Crippen LogP contribution in [0, 0.1) is 0 Å². The van der Waals surface area contributed by atoms with Gasteiger partial charge < -0.3 is 16.4 Å². The summed E-state index contributed by atoms with van der Waals surface area (Å²) in [5, 5.41) is 5.81. The Morgan fingerprint density at radius 1 is 1.24 bits per heavy atom. The second-order valence-electron chi connectivity index (χ2n) is 4.14. The van der Waals surface area contributed by atoms with Gasteiger partial charge in [-0.1, -0.05) is 37.3 Å². The molecule has 1 aromatic rings. The lowest BCUT2D eigenvalue weighted by Gasteiger charge is -2.12. The molecule has 0 saturated carbocycles. The first-order valence-corrected chi connectivity index (χ1v) is 5.99. The van der Waals surface area contributed by atoms with Gasteiger partial charge in [0, 0.05) is 13.1 Å². The third kappa shape index (κ3) is 5.92. The summed E-state index contributed by atoms with van der Waals surface area (Å²) in [6.07, 6.45) is 1.08. The van der Waals surface area contributed by atoms with E-state index in [0.717, 1.165) is 19.5 Å². The average Bonchev–Trinajstić information content (AvgIpc) is 2.34. The summed E-state index contributed by atoms with van der Waals surface area (Å²) in [5.41, 5.74) is 6.32. The van der Waals surface area contributed by atoms with Crippen molar-refractivity contribution in [1.29, 1.82) is 0 Å². The van der Waals surface area contributed by atoms with Gasteiger partial charge in [0.25, 0.3) is 0 Å². The van der Waals surface area contributed by atoms with E-state index in [1.807, 2.05) is 6.07 Å². The quantitative estimate of drug-likeness (QED) is 0.626. The summed E-state index contributed by atoms with van der Waals surface area (Å²) in [4.78, 5) is 10.4. The SMILES string of the molecule is CC(CCNCCNC(N)=O)c1ccccc1. The van der Waals surface area contributed by atoms with Gasteiger partial charge in [-0.3, -0.25) is 0 Å². The summed E-state index contributed by atoms with van der Waals surface area (Å²) in [6.45, 7) is 4.49. The normalized spacial score (nSPS) is 12.1. The molecule has 1 atom stereocenters. The smallest absolute Gasteiger partial charge is 0.312 e. The Morgan fingerprint density at radius 2 is 1.94 bits per heavy atom. The number of primary amides is 1. The lowest BCUT2D eigenvalue weighted by molar-refractivity contribution is 0.249. The fraction of sp³-hybridized carbons (Fsp3) is 0.462. The number of carbonyl (C=O) groups is 1. The molecule has 1 unspecified atom stereocenters. The van der Waals surface area contributed by atoms with Crippen LogP contribution in [0.2, 0.25) is 0 Å². The van der Waals surface area contributed by atoms with Crippen molar-refractivity contribution in [3.63, 3.8) is 0 Å². The first-order valence-electron chi connectivity index (χ1n) is 5.99. The predicted octanol–water partition coefficient (Wildman–Crippen LogP) is 1.44. The van der Waals surface area contributed by atoms with E-state index >= 15 is 0 Å². The lowest BCUT2D eigenvalue weighted by Crippen LogP contribution is -2.35. The number of nitrogens with one attached hydrogen (secondary N) is 2. The number of urea groups is 1. The summed E-state index contributed by atoms with van der Waals surface area (Å²) >= 11 is 0. The van der Waals surface area contributed by atoms with E-state index in [1.54, 1.807) is 0 Å². The Labute approximate surface area is 103 Å². The molecule has 4 heteroatoms. The molecule has 0 aliphatic carbocycles. The molecule has 0 fully saturated rings. The molecule has 2 amide bonds. The minimum absolute atomic E-state index is 0.468. The Kier molecular flexibility index (Phi) is 6.10. The highest BCUT2D eigenvalue weighted by atomic mass is 16.2. The number of nitrogens with two attached hydrogens (primary N) is 1. The summed E-state index contributed by atoms with van der Waals surface area (Å²) in [6, 6.07) is 10.00. The van der Waals surface area contributed by atoms with Gasteiger partial charge >= 0.3 is 6.03 Å². The molecule has 1 rings (SSSR count).